The molecular weight excluding hydrogens is 192 g/mol. The lowest BCUT2D eigenvalue weighted by atomic mass is 10.0. The SMILES string of the molecule is CCC(OC)C(O)CCc1cnn(C)c1. The Bertz CT molecular complexity index is 282. The van der Waals surface area contributed by atoms with Gasteiger partial charge in [0.2, 0.25) is 0 Å². The minimum absolute atomic E-state index is 0.0540. The van der Waals surface area contributed by atoms with Crippen LogP contribution in [0.4, 0.5) is 0 Å². The number of aliphatic hydroxyl groups excluding tert-OH is 1. The molecule has 15 heavy (non-hydrogen) atoms. The van der Waals surface area contributed by atoms with E-state index in [-0.39, 0.29) is 12.2 Å². The fraction of sp³-hybridized carbons (Fsp3) is 0.727. The first-order valence-electron chi connectivity index (χ1n) is 5.35. The summed E-state index contributed by atoms with van der Waals surface area (Å²) in [5, 5.41) is 13.9. The van der Waals surface area contributed by atoms with Crippen LogP contribution in [-0.4, -0.2) is 34.2 Å². The number of nitrogens with zero attached hydrogens (tertiary/aromatic N) is 2. The van der Waals surface area contributed by atoms with Gasteiger partial charge in [0.05, 0.1) is 18.4 Å². The summed E-state index contributed by atoms with van der Waals surface area (Å²) in [7, 11) is 3.53. The number of aromatic nitrogens is 2. The van der Waals surface area contributed by atoms with Gasteiger partial charge in [0.25, 0.3) is 0 Å². The number of aryl methyl sites for hydroxylation is 2. The molecule has 0 radical (unpaired) electrons. The van der Waals surface area contributed by atoms with Crippen LogP contribution in [0, 0.1) is 0 Å². The zero-order chi connectivity index (χ0) is 11.3. The molecule has 0 bridgehead atoms. The standard InChI is InChI=1S/C11H20N2O2/c1-4-11(15-3)10(14)6-5-9-7-12-13(2)8-9/h7-8,10-11,14H,4-6H2,1-3H3. The Labute approximate surface area is 90.9 Å². The Morgan fingerprint density at radius 3 is 2.80 bits per heavy atom. The third-order valence-electron chi connectivity index (χ3n) is 2.62. The van der Waals surface area contributed by atoms with Crippen LogP contribution in [0.2, 0.25) is 0 Å². The van der Waals surface area contributed by atoms with Crippen molar-refractivity contribution in [3.63, 3.8) is 0 Å². The molecular formula is C11H20N2O2. The second-order valence-corrected chi connectivity index (χ2v) is 3.81. The van der Waals surface area contributed by atoms with Crippen LogP contribution in [0.3, 0.4) is 0 Å². The Hall–Kier alpha value is -0.870. The third-order valence-corrected chi connectivity index (χ3v) is 2.62. The summed E-state index contributed by atoms with van der Waals surface area (Å²) in [4.78, 5) is 0. The maximum Gasteiger partial charge on any atom is 0.0827 e. The Morgan fingerprint density at radius 2 is 2.33 bits per heavy atom. The Kier molecular flexibility index (Phi) is 4.78. The van der Waals surface area contributed by atoms with Crippen molar-refractivity contribution in [1.29, 1.82) is 0 Å². The molecule has 0 aliphatic heterocycles. The van der Waals surface area contributed by atoms with Gasteiger partial charge in [-0.15, -0.1) is 0 Å². The van der Waals surface area contributed by atoms with Gasteiger partial charge in [0.1, 0.15) is 0 Å². The van der Waals surface area contributed by atoms with E-state index in [1.54, 1.807) is 11.8 Å². The molecule has 0 fully saturated rings. The maximum atomic E-state index is 9.82. The lowest BCUT2D eigenvalue weighted by molar-refractivity contribution is -0.0169. The fourth-order valence-electron chi connectivity index (χ4n) is 1.70. The molecule has 86 valence electrons. The first-order valence-corrected chi connectivity index (χ1v) is 5.35. The highest BCUT2D eigenvalue weighted by molar-refractivity contribution is 5.03. The summed E-state index contributed by atoms with van der Waals surface area (Å²) in [5.74, 6) is 0. The van der Waals surface area contributed by atoms with Crippen molar-refractivity contribution >= 4 is 0 Å². The fourth-order valence-corrected chi connectivity index (χ4v) is 1.70. The van der Waals surface area contributed by atoms with Gasteiger partial charge < -0.3 is 9.84 Å². The van der Waals surface area contributed by atoms with Gasteiger partial charge in [-0.2, -0.15) is 5.10 Å². The van der Waals surface area contributed by atoms with E-state index in [2.05, 4.69) is 5.10 Å². The molecule has 1 heterocycles. The highest BCUT2D eigenvalue weighted by Crippen LogP contribution is 2.10. The number of hydrogen-bond donors (Lipinski definition) is 1. The molecule has 2 atom stereocenters. The maximum absolute atomic E-state index is 9.82. The molecule has 1 rings (SSSR count). The molecule has 4 nitrogen and oxygen atoms in total. The Balaban J connectivity index is 2.36. The van der Waals surface area contributed by atoms with Crippen LogP contribution in [0.25, 0.3) is 0 Å². The first-order chi connectivity index (χ1) is 7.17. The van der Waals surface area contributed by atoms with Gasteiger partial charge in [-0.05, 0) is 24.8 Å². The molecule has 0 spiro atoms. The van der Waals surface area contributed by atoms with Crippen LogP contribution in [0.15, 0.2) is 12.4 Å². The molecule has 0 aromatic carbocycles. The van der Waals surface area contributed by atoms with E-state index >= 15 is 0 Å². The molecule has 0 aliphatic carbocycles. The summed E-state index contributed by atoms with van der Waals surface area (Å²) in [5.41, 5.74) is 1.16. The van der Waals surface area contributed by atoms with Crippen LogP contribution < -0.4 is 0 Å². The highest BCUT2D eigenvalue weighted by Gasteiger charge is 2.16. The summed E-state index contributed by atoms with van der Waals surface area (Å²) in [6.07, 6.45) is 5.76. The summed E-state index contributed by atoms with van der Waals surface area (Å²) >= 11 is 0. The number of ether oxygens (including phenoxy) is 1. The van der Waals surface area contributed by atoms with E-state index in [9.17, 15) is 5.11 Å². The smallest absolute Gasteiger partial charge is 0.0827 e. The lowest BCUT2D eigenvalue weighted by Gasteiger charge is -2.19. The number of rotatable bonds is 6. The topological polar surface area (TPSA) is 47.3 Å². The van der Waals surface area contributed by atoms with Crippen molar-refractivity contribution in [2.75, 3.05) is 7.11 Å². The predicted octanol–water partition coefficient (Wildman–Crippen LogP) is 1.14. The predicted molar refractivity (Wildman–Crippen MR) is 58.6 cm³/mol. The largest absolute Gasteiger partial charge is 0.390 e. The van der Waals surface area contributed by atoms with Gasteiger partial charge in [-0.1, -0.05) is 6.92 Å². The zero-order valence-electron chi connectivity index (χ0n) is 9.68. The van der Waals surface area contributed by atoms with E-state index in [4.69, 9.17) is 4.74 Å². The highest BCUT2D eigenvalue weighted by atomic mass is 16.5. The number of hydrogen-bond acceptors (Lipinski definition) is 3. The van der Waals surface area contributed by atoms with Crippen LogP contribution in [0.1, 0.15) is 25.3 Å². The second-order valence-electron chi connectivity index (χ2n) is 3.81. The third kappa shape index (κ3) is 3.64. The van der Waals surface area contributed by atoms with Crippen molar-refractivity contribution in [3.05, 3.63) is 18.0 Å². The van der Waals surface area contributed by atoms with Gasteiger partial charge in [0, 0.05) is 20.4 Å². The van der Waals surface area contributed by atoms with Crippen LogP contribution >= 0.6 is 0 Å². The van der Waals surface area contributed by atoms with Crippen molar-refractivity contribution in [3.8, 4) is 0 Å². The quantitative estimate of drug-likeness (QED) is 0.769. The molecule has 0 saturated heterocycles. The minimum Gasteiger partial charge on any atom is -0.390 e. The molecule has 0 aliphatic rings. The first kappa shape index (κ1) is 12.2. The number of methoxy groups -OCH3 is 1. The average Bonchev–Trinajstić information content (AvgIpc) is 2.63. The second kappa shape index (κ2) is 5.88. The summed E-state index contributed by atoms with van der Waals surface area (Å²) in [6, 6.07) is 0. The summed E-state index contributed by atoms with van der Waals surface area (Å²) < 4.78 is 6.96. The molecule has 4 heteroatoms. The van der Waals surface area contributed by atoms with Gasteiger partial charge in [-0.25, -0.2) is 0 Å². The van der Waals surface area contributed by atoms with E-state index in [1.807, 2.05) is 26.4 Å². The van der Waals surface area contributed by atoms with Gasteiger partial charge >= 0.3 is 0 Å². The van der Waals surface area contributed by atoms with Crippen molar-refractivity contribution in [1.82, 2.24) is 9.78 Å². The lowest BCUT2D eigenvalue weighted by Crippen LogP contribution is -2.27. The minimum atomic E-state index is -0.389. The van der Waals surface area contributed by atoms with Crippen molar-refractivity contribution < 1.29 is 9.84 Å². The van der Waals surface area contributed by atoms with Crippen molar-refractivity contribution in [2.45, 2.75) is 38.4 Å². The monoisotopic (exact) mass is 212 g/mol. The average molecular weight is 212 g/mol. The van der Waals surface area contributed by atoms with Gasteiger partial charge in [-0.3, -0.25) is 4.68 Å². The molecule has 0 saturated carbocycles. The summed E-state index contributed by atoms with van der Waals surface area (Å²) in [6.45, 7) is 2.02. The van der Waals surface area contributed by atoms with Crippen molar-refractivity contribution in [2.24, 2.45) is 7.05 Å². The van der Waals surface area contributed by atoms with E-state index in [0.29, 0.717) is 0 Å². The zero-order valence-corrected chi connectivity index (χ0v) is 9.68. The van der Waals surface area contributed by atoms with E-state index in [1.165, 1.54) is 0 Å². The molecule has 1 N–H and O–H groups in total. The van der Waals surface area contributed by atoms with E-state index in [0.717, 1.165) is 24.8 Å². The molecule has 2 unspecified atom stereocenters. The molecule has 1 aromatic rings. The van der Waals surface area contributed by atoms with E-state index < -0.39 is 0 Å². The normalized spacial score (nSPS) is 15.2. The van der Waals surface area contributed by atoms with Gasteiger partial charge in [0.15, 0.2) is 0 Å². The molecule has 0 amide bonds. The molecule has 1 aromatic heterocycles. The Morgan fingerprint density at radius 1 is 1.60 bits per heavy atom. The number of aliphatic hydroxyl groups is 1. The van der Waals surface area contributed by atoms with Crippen LogP contribution in [0.5, 0.6) is 0 Å². The van der Waals surface area contributed by atoms with Crippen LogP contribution in [-0.2, 0) is 18.2 Å².